The van der Waals surface area contributed by atoms with Crippen LogP contribution in [-0.2, 0) is 0 Å². The Bertz CT molecular complexity index is 2410. The van der Waals surface area contributed by atoms with Crippen LogP contribution >= 0.6 is 0 Å². The molecule has 0 bridgehead atoms. The number of benzene rings is 6. The van der Waals surface area contributed by atoms with Gasteiger partial charge in [0, 0.05) is 47.1 Å². The highest BCUT2D eigenvalue weighted by molar-refractivity contribution is 6.29. The molecule has 0 N–H and O–H groups in total. The van der Waals surface area contributed by atoms with E-state index in [9.17, 15) is 19.2 Å². The van der Waals surface area contributed by atoms with Crippen molar-refractivity contribution in [3.8, 4) is 22.3 Å². The van der Waals surface area contributed by atoms with E-state index in [1.54, 1.807) is 12.1 Å². The van der Waals surface area contributed by atoms with Gasteiger partial charge in [-0.2, -0.15) is 0 Å². The highest BCUT2D eigenvalue weighted by Gasteiger charge is 2.33. The maximum absolute atomic E-state index is 13.2. The van der Waals surface area contributed by atoms with Crippen LogP contribution in [0, 0.1) is 6.92 Å². The molecule has 6 heteroatoms. The Morgan fingerprint density at radius 2 is 0.870 bits per heavy atom. The first-order valence-corrected chi connectivity index (χ1v) is 15.2. The van der Waals surface area contributed by atoms with E-state index >= 15 is 0 Å². The number of amides is 4. The van der Waals surface area contributed by atoms with Crippen LogP contribution in [0.1, 0.15) is 59.5 Å². The minimum Gasteiger partial charge on any atom is -0.277 e. The first-order valence-electron chi connectivity index (χ1n) is 15.2. The summed E-state index contributed by atoms with van der Waals surface area (Å²) in [7, 11) is 3.04. The van der Waals surface area contributed by atoms with E-state index in [2.05, 4.69) is 25.1 Å². The number of rotatable bonds is 3. The van der Waals surface area contributed by atoms with Crippen molar-refractivity contribution in [2.75, 3.05) is 14.1 Å². The number of carbonyl (C=O) groups is 4. The van der Waals surface area contributed by atoms with Gasteiger partial charge in [0.25, 0.3) is 23.6 Å². The van der Waals surface area contributed by atoms with Crippen LogP contribution in [0.3, 0.4) is 0 Å². The standard InChI is InChI=1S/C40H28N2O4/c1-5-10-22-21(2)33(27-17-19-31-35-25(27)13-8-15-29(35)37(43)41(3)39(31)45)23-11-6-7-12-24(23)34(22)28-18-20-32-36-26(28)14-9-16-30(36)38(44)42(4)40(32)46/h5-20H,1-4H3/b10-5-. The second-order valence-corrected chi connectivity index (χ2v) is 12.0. The Kier molecular flexibility index (Phi) is 5.90. The van der Waals surface area contributed by atoms with Crippen molar-refractivity contribution >= 4 is 62.0 Å². The minimum atomic E-state index is -0.309. The average molecular weight is 601 g/mol. The van der Waals surface area contributed by atoms with Crippen LogP contribution in [0.5, 0.6) is 0 Å². The SMILES string of the molecule is C/C=C\c1c(C)c(-c2ccc3c4c(cccc24)C(=O)N(C)C3=O)c2ccccc2c1-c1ccc2c3c(cccc13)C(=O)N(C)C2=O. The van der Waals surface area contributed by atoms with E-state index < -0.39 is 0 Å². The summed E-state index contributed by atoms with van der Waals surface area (Å²) in [5.41, 5.74) is 8.00. The van der Waals surface area contributed by atoms with Gasteiger partial charge in [-0.1, -0.05) is 72.8 Å². The van der Waals surface area contributed by atoms with Crippen LogP contribution in [0.25, 0.3) is 60.6 Å². The Hall–Kier alpha value is -5.88. The molecule has 6 nitrogen and oxygen atoms in total. The molecule has 6 aromatic carbocycles. The fourth-order valence-electron chi connectivity index (χ4n) is 7.47. The highest BCUT2D eigenvalue weighted by atomic mass is 16.2. The van der Waals surface area contributed by atoms with Crippen molar-refractivity contribution in [3.05, 3.63) is 124 Å². The molecule has 0 atom stereocenters. The van der Waals surface area contributed by atoms with Crippen molar-refractivity contribution in [3.63, 3.8) is 0 Å². The zero-order valence-corrected chi connectivity index (χ0v) is 25.8. The molecule has 0 aromatic heterocycles. The predicted octanol–water partition coefficient (Wildman–Crippen LogP) is 8.27. The van der Waals surface area contributed by atoms with Crippen molar-refractivity contribution in [1.29, 1.82) is 0 Å². The molecule has 8 rings (SSSR count). The molecule has 4 amide bonds. The second kappa shape index (κ2) is 9.81. The summed E-state index contributed by atoms with van der Waals surface area (Å²) < 4.78 is 0. The van der Waals surface area contributed by atoms with Crippen LogP contribution < -0.4 is 0 Å². The number of hydrogen-bond acceptors (Lipinski definition) is 4. The normalized spacial score (nSPS) is 14.5. The molecule has 0 radical (unpaired) electrons. The van der Waals surface area contributed by atoms with Crippen LogP contribution in [0.4, 0.5) is 0 Å². The molecule has 2 aliphatic heterocycles. The highest BCUT2D eigenvalue weighted by Crippen LogP contribution is 2.47. The van der Waals surface area contributed by atoms with Gasteiger partial charge < -0.3 is 0 Å². The van der Waals surface area contributed by atoms with Crippen LogP contribution in [0.15, 0.2) is 91.0 Å². The van der Waals surface area contributed by atoms with E-state index in [0.717, 1.165) is 54.9 Å². The van der Waals surface area contributed by atoms with Gasteiger partial charge in [0.1, 0.15) is 0 Å². The maximum Gasteiger partial charge on any atom is 0.261 e. The first kappa shape index (κ1) is 27.7. The molecular weight excluding hydrogens is 572 g/mol. The number of imide groups is 2. The molecule has 2 aliphatic rings. The van der Waals surface area contributed by atoms with Gasteiger partial charge in [-0.15, -0.1) is 0 Å². The zero-order chi connectivity index (χ0) is 32.0. The van der Waals surface area contributed by atoms with E-state index in [1.165, 1.54) is 23.9 Å². The quantitative estimate of drug-likeness (QED) is 0.192. The maximum atomic E-state index is 13.2. The Balaban J connectivity index is 1.49. The monoisotopic (exact) mass is 600 g/mol. The summed E-state index contributed by atoms with van der Waals surface area (Å²) in [6, 6.07) is 27.2. The lowest BCUT2D eigenvalue weighted by molar-refractivity contribution is 0.0635. The summed E-state index contributed by atoms with van der Waals surface area (Å²) in [4.78, 5) is 55.1. The Labute approximate surface area is 265 Å². The van der Waals surface area contributed by atoms with Gasteiger partial charge in [0.15, 0.2) is 0 Å². The van der Waals surface area contributed by atoms with Crippen molar-refractivity contribution in [2.24, 2.45) is 0 Å². The van der Waals surface area contributed by atoms with Gasteiger partial charge in [-0.3, -0.25) is 29.0 Å². The van der Waals surface area contributed by atoms with Gasteiger partial charge >= 0.3 is 0 Å². The summed E-state index contributed by atoms with van der Waals surface area (Å²) in [5, 5.41) is 5.07. The van der Waals surface area contributed by atoms with Gasteiger partial charge in [0.2, 0.25) is 0 Å². The molecule has 2 heterocycles. The largest absolute Gasteiger partial charge is 0.277 e. The van der Waals surface area contributed by atoms with Gasteiger partial charge in [0.05, 0.1) is 0 Å². The van der Waals surface area contributed by atoms with Crippen LogP contribution in [-0.4, -0.2) is 47.5 Å². The summed E-state index contributed by atoms with van der Waals surface area (Å²) in [6.45, 7) is 4.09. The van der Waals surface area contributed by atoms with E-state index in [0.29, 0.717) is 33.0 Å². The lowest BCUT2D eigenvalue weighted by Crippen LogP contribution is -2.36. The molecule has 0 aliphatic carbocycles. The first-order chi connectivity index (χ1) is 22.2. The van der Waals surface area contributed by atoms with Gasteiger partial charge in [-0.05, 0) is 93.0 Å². The summed E-state index contributed by atoms with van der Waals surface area (Å²) in [6.07, 6.45) is 4.12. The Morgan fingerprint density at radius 1 is 0.478 bits per heavy atom. The second-order valence-electron chi connectivity index (χ2n) is 12.0. The summed E-state index contributed by atoms with van der Waals surface area (Å²) >= 11 is 0. The van der Waals surface area contributed by atoms with Crippen LogP contribution in [0.2, 0.25) is 0 Å². The number of nitrogens with zero attached hydrogens (tertiary/aromatic N) is 2. The number of fused-ring (bicyclic) bond motifs is 1. The van der Waals surface area contributed by atoms with Gasteiger partial charge in [-0.25, -0.2) is 0 Å². The molecule has 46 heavy (non-hydrogen) atoms. The third kappa shape index (κ3) is 3.52. The number of hydrogen-bond donors (Lipinski definition) is 0. The molecule has 0 saturated carbocycles. The number of carbonyl (C=O) groups excluding carboxylic acids is 4. The fraction of sp³-hybridized carbons (Fsp3) is 0.100. The molecule has 6 aromatic rings. The zero-order valence-electron chi connectivity index (χ0n) is 25.8. The molecule has 0 saturated heterocycles. The lowest BCUT2D eigenvalue weighted by atomic mass is 9.80. The van der Waals surface area contributed by atoms with Crippen molar-refractivity contribution in [2.45, 2.75) is 13.8 Å². The minimum absolute atomic E-state index is 0.308. The van der Waals surface area contributed by atoms with E-state index in [4.69, 9.17) is 0 Å². The van der Waals surface area contributed by atoms with Crippen molar-refractivity contribution in [1.82, 2.24) is 9.80 Å². The molecule has 0 spiro atoms. The molecule has 222 valence electrons. The summed E-state index contributed by atoms with van der Waals surface area (Å²) in [5.74, 6) is -1.23. The topological polar surface area (TPSA) is 74.8 Å². The predicted molar refractivity (Wildman–Crippen MR) is 182 cm³/mol. The fourth-order valence-corrected chi connectivity index (χ4v) is 7.47. The average Bonchev–Trinajstić information content (AvgIpc) is 3.08. The van der Waals surface area contributed by atoms with Crippen molar-refractivity contribution < 1.29 is 19.2 Å². The molecule has 0 fully saturated rings. The third-order valence-electron chi connectivity index (χ3n) is 9.61. The molecule has 0 unspecified atom stereocenters. The third-order valence-corrected chi connectivity index (χ3v) is 9.61. The lowest BCUT2D eigenvalue weighted by Gasteiger charge is -2.27. The van der Waals surface area contributed by atoms with E-state index in [-0.39, 0.29) is 23.6 Å². The molecular formula is C40H28N2O4. The Morgan fingerprint density at radius 3 is 1.35 bits per heavy atom. The smallest absolute Gasteiger partial charge is 0.261 e. The van der Waals surface area contributed by atoms with E-state index in [1.807, 2.05) is 73.7 Å². The number of allylic oxidation sites excluding steroid dienone is 1.